The number of rotatable bonds is 8. The maximum Gasteiger partial charge on any atom is 0.181 e. The lowest BCUT2D eigenvalue weighted by atomic mass is 10.1. The number of carbonyl (C=O) groups excluding carboxylic acids is 1. The summed E-state index contributed by atoms with van der Waals surface area (Å²) in [5.41, 5.74) is 3.49. The lowest BCUT2D eigenvalue weighted by molar-refractivity contribution is -0.126. The smallest absolute Gasteiger partial charge is 0.181 e. The number of aromatic nitrogens is 5. The van der Waals surface area contributed by atoms with Crippen LogP contribution in [0.2, 0.25) is 0 Å². The number of hydrogen-bond acceptors (Lipinski definition) is 9. The number of nitrogens with one attached hydrogen (secondary N) is 1. The van der Waals surface area contributed by atoms with Crippen LogP contribution >= 0.6 is 0 Å². The number of carbonyl (C=O) groups is 1. The van der Waals surface area contributed by atoms with Gasteiger partial charge in [0.2, 0.25) is 0 Å². The minimum Gasteiger partial charge on any atom is -0.479 e. The molecule has 6 rings (SSSR count). The number of fused-ring (bicyclic) bond motifs is 2. The van der Waals surface area contributed by atoms with Crippen molar-refractivity contribution in [3.63, 3.8) is 0 Å². The molecule has 10 heteroatoms. The largest absolute Gasteiger partial charge is 0.479 e. The minimum absolute atomic E-state index is 0.354. The van der Waals surface area contributed by atoms with Gasteiger partial charge in [-0.25, -0.2) is 9.97 Å². The van der Waals surface area contributed by atoms with E-state index in [9.17, 15) is 4.79 Å². The van der Waals surface area contributed by atoms with Crippen molar-refractivity contribution in [3.05, 3.63) is 79.0 Å². The summed E-state index contributed by atoms with van der Waals surface area (Å²) in [6.07, 6.45) is 4.83. The number of aldehydes is 1. The molecule has 4 heterocycles. The fraction of sp³-hybridized carbons (Fsp3) is 0.250. The molecular weight excluding hydrogens is 482 g/mol. The van der Waals surface area contributed by atoms with Crippen LogP contribution in [-0.2, 0) is 16.1 Å². The van der Waals surface area contributed by atoms with Gasteiger partial charge in [-0.05, 0) is 49.5 Å². The molecule has 0 aliphatic carbocycles. The Morgan fingerprint density at radius 3 is 2.95 bits per heavy atom. The molecular formula is C28H27N7O3. The van der Waals surface area contributed by atoms with E-state index in [0.29, 0.717) is 42.2 Å². The number of pyridine rings is 1. The average Bonchev–Trinajstić information content (AvgIpc) is 3.34. The van der Waals surface area contributed by atoms with Crippen LogP contribution in [0.5, 0.6) is 5.75 Å². The third-order valence-electron chi connectivity index (χ3n) is 6.63. The van der Waals surface area contributed by atoms with Crippen LogP contribution in [0.1, 0.15) is 5.69 Å². The molecule has 2 atom stereocenters. The zero-order valence-corrected chi connectivity index (χ0v) is 20.9. The predicted molar refractivity (Wildman–Crippen MR) is 144 cm³/mol. The predicted octanol–water partition coefficient (Wildman–Crippen LogP) is 3.44. The van der Waals surface area contributed by atoms with Crippen LogP contribution in [0.3, 0.4) is 0 Å². The van der Waals surface area contributed by atoms with E-state index in [-0.39, 0.29) is 6.10 Å². The maximum absolute atomic E-state index is 12.0. The molecule has 3 aromatic heterocycles. The first-order valence-corrected chi connectivity index (χ1v) is 12.5. The van der Waals surface area contributed by atoms with Crippen molar-refractivity contribution in [3.8, 4) is 5.75 Å². The molecule has 0 amide bonds. The highest BCUT2D eigenvalue weighted by molar-refractivity contribution is 5.96. The molecule has 38 heavy (non-hydrogen) atoms. The molecule has 5 aromatic rings. The van der Waals surface area contributed by atoms with Crippen molar-refractivity contribution in [2.45, 2.75) is 18.8 Å². The molecule has 192 valence electrons. The van der Waals surface area contributed by atoms with Gasteiger partial charge in [-0.1, -0.05) is 12.1 Å². The van der Waals surface area contributed by atoms with Crippen LogP contribution in [0, 0.1) is 0 Å². The van der Waals surface area contributed by atoms with Gasteiger partial charge in [-0.15, -0.1) is 0 Å². The summed E-state index contributed by atoms with van der Waals surface area (Å²) in [5.74, 6) is 1.10. The molecule has 1 unspecified atom stereocenters. The quantitative estimate of drug-likeness (QED) is 0.315. The van der Waals surface area contributed by atoms with E-state index in [1.54, 1.807) is 6.20 Å². The topological polar surface area (TPSA) is 107 Å². The summed E-state index contributed by atoms with van der Waals surface area (Å²) in [6.45, 7) is 2.59. The SMILES string of the molecule is CN1CCOC([C@H](C=O)Oc2cccc3ncnc(Nc4ccc5c(cnn5Cc5ccccn5)c4)c23)C1. The Balaban J connectivity index is 1.28. The molecule has 1 aliphatic rings. The Kier molecular flexibility index (Phi) is 6.63. The lowest BCUT2D eigenvalue weighted by Gasteiger charge is -2.33. The number of hydrogen-bond donors (Lipinski definition) is 1. The minimum atomic E-state index is -0.752. The number of ether oxygens (including phenoxy) is 2. The lowest BCUT2D eigenvalue weighted by Crippen LogP contribution is -2.48. The average molecular weight is 510 g/mol. The molecule has 0 saturated carbocycles. The summed E-state index contributed by atoms with van der Waals surface area (Å²) in [4.78, 5) is 27.4. The molecule has 1 aliphatic heterocycles. The summed E-state index contributed by atoms with van der Waals surface area (Å²) in [6, 6.07) is 17.4. The van der Waals surface area contributed by atoms with Crippen molar-refractivity contribution in [1.82, 2.24) is 29.6 Å². The van der Waals surface area contributed by atoms with E-state index in [0.717, 1.165) is 35.1 Å². The third-order valence-corrected chi connectivity index (χ3v) is 6.63. The van der Waals surface area contributed by atoms with Crippen molar-refractivity contribution in [1.29, 1.82) is 0 Å². The van der Waals surface area contributed by atoms with E-state index in [2.05, 4.69) is 30.3 Å². The second kappa shape index (κ2) is 10.5. The normalized spacial score (nSPS) is 16.9. The molecule has 10 nitrogen and oxygen atoms in total. The van der Waals surface area contributed by atoms with Crippen molar-refractivity contribution in [2.75, 3.05) is 32.1 Å². The summed E-state index contributed by atoms with van der Waals surface area (Å²) >= 11 is 0. The molecule has 2 aromatic carbocycles. The summed E-state index contributed by atoms with van der Waals surface area (Å²) in [5, 5.41) is 9.64. The van der Waals surface area contributed by atoms with Crippen LogP contribution in [0.4, 0.5) is 11.5 Å². The fourth-order valence-electron chi connectivity index (χ4n) is 4.69. The van der Waals surface area contributed by atoms with Gasteiger partial charge in [0.15, 0.2) is 12.4 Å². The van der Waals surface area contributed by atoms with Gasteiger partial charge >= 0.3 is 0 Å². The monoisotopic (exact) mass is 509 g/mol. The third kappa shape index (κ3) is 4.91. The van der Waals surface area contributed by atoms with Crippen molar-refractivity contribution in [2.24, 2.45) is 0 Å². The van der Waals surface area contributed by atoms with Gasteiger partial charge in [-0.3, -0.25) is 14.5 Å². The molecule has 0 radical (unpaired) electrons. The van der Waals surface area contributed by atoms with E-state index in [1.165, 1.54) is 6.33 Å². The molecule has 0 bridgehead atoms. The fourth-order valence-corrected chi connectivity index (χ4v) is 4.69. The standard InChI is InChI=1S/C28H27N7O3/c1-34-11-12-37-25(16-34)26(17-36)38-24-7-4-6-22-27(24)28(31-18-30-22)33-20-8-9-23-19(13-20)14-32-35(23)15-21-5-2-3-10-29-21/h2-10,13-14,17-18,25-26H,11-12,15-16H2,1H3,(H,30,31,33)/t25?,26-/m0/s1. The number of anilines is 2. The zero-order chi connectivity index (χ0) is 25.9. The molecule has 0 spiro atoms. The molecule has 1 N–H and O–H groups in total. The van der Waals surface area contributed by atoms with Crippen LogP contribution in [-0.4, -0.2) is 74.9 Å². The second-order valence-corrected chi connectivity index (χ2v) is 9.28. The van der Waals surface area contributed by atoms with Crippen LogP contribution in [0.25, 0.3) is 21.8 Å². The van der Waals surface area contributed by atoms with Crippen LogP contribution in [0.15, 0.2) is 73.3 Å². The highest BCUT2D eigenvalue weighted by Gasteiger charge is 2.29. The number of likely N-dealkylation sites (N-methyl/N-ethyl adjacent to an activating group) is 1. The van der Waals surface area contributed by atoms with E-state index in [4.69, 9.17) is 9.47 Å². The van der Waals surface area contributed by atoms with Gasteiger partial charge in [0, 0.05) is 30.4 Å². The summed E-state index contributed by atoms with van der Waals surface area (Å²) < 4.78 is 14.0. The Hall–Kier alpha value is -4.41. The summed E-state index contributed by atoms with van der Waals surface area (Å²) in [7, 11) is 2.00. The second-order valence-electron chi connectivity index (χ2n) is 9.28. The van der Waals surface area contributed by atoms with E-state index >= 15 is 0 Å². The highest BCUT2D eigenvalue weighted by atomic mass is 16.5. The zero-order valence-electron chi connectivity index (χ0n) is 20.9. The van der Waals surface area contributed by atoms with Crippen molar-refractivity contribution >= 4 is 39.6 Å². The maximum atomic E-state index is 12.0. The number of morpholine rings is 1. The van der Waals surface area contributed by atoms with E-state index in [1.807, 2.05) is 72.5 Å². The first kappa shape index (κ1) is 24.0. The Bertz CT molecular complexity index is 1570. The Labute approximate surface area is 219 Å². The van der Waals surface area contributed by atoms with Gasteiger partial charge in [0.1, 0.15) is 24.0 Å². The van der Waals surface area contributed by atoms with Gasteiger partial charge in [0.25, 0.3) is 0 Å². The first-order chi connectivity index (χ1) is 18.7. The van der Waals surface area contributed by atoms with Gasteiger partial charge in [0.05, 0.1) is 41.5 Å². The molecule has 1 fully saturated rings. The van der Waals surface area contributed by atoms with E-state index < -0.39 is 6.10 Å². The number of nitrogens with zero attached hydrogens (tertiary/aromatic N) is 6. The van der Waals surface area contributed by atoms with Gasteiger partial charge in [-0.2, -0.15) is 5.10 Å². The number of benzene rings is 2. The van der Waals surface area contributed by atoms with Gasteiger partial charge < -0.3 is 19.7 Å². The Morgan fingerprint density at radius 2 is 2.11 bits per heavy atom. The first-order valence-electron chi connectivity index (χ1n) is 12.5. The Morgan fingerprint density at radius 1 is 1.16 bits per heavy atom. The molecule has 1 saturated heterocycles. The highest BCUT2D eigenvalue weighted by Crippen LogP contribution is 2.33. The van der Waals surface area contributed by atoms with Crippen molar-refractivity contribution < 1.29 is 14.3 Å². The van der Waals surface area contributed by atoms with Crippen LogP contribution < -0.4 is 10.1 Å².